The number of hydrogen-bond donors (Lipinski definition) is 2. The first-order chi connectivity index (χ1) is 15.4. The molecule has 0 aliphatic heterocycles. The van der Waals surface area contributed by atoms with Gasteiger partial charge in [-0.3, -0.25) is 4.79 Å². The van der Waals surface area contributed by atoms with Gasteiger partial charge >= 0.3 is 0 Å². The van der Waals surface area contributed by atoms with Gasteiger partial charge in [0.1, 0.15) is 0 Å². The van der Waals surface area contributed by atoms with E-state index in [0.717, 1.165) is 11.3 Å². The highest BCUT2D eigenvalue weighted by Crippen LogP contribution is 2.29. The fourth-order valence-electron chi connectivity index (χ4n) is 3.02. The Kier molecular flexibility index (Phi) is 8.26. The second-order valence-electron chi connectivity index (χ2n) is 7.33. The Hall–Kier alpha value is -2.89. The summed E-state index contributed by atoms with van der Waals surface area (Å²) in [4.78, 5) is 12.3. The van der Waals surface area contributed by atoms with E-state index in [9.17, 15) is 4.79 Å². The predicted octanol–water partition coefficient (Wildman–Crippen LogP) is 6.64. The molecule has 0 radical (unpaired) electrons. The van der Waals surface area contributed by atoms with Crippen LogP contribution in [0.3, 0.4) is 0 Å². The topological polar surface area (TPSA) is 59.6 Å². The normalized spacial score (nSPS) is 10.5. The summed E-state index contributed by atoms with van der Waals surface area (Å²) in [5.41, 5.74) is 5.15. The van der Waals surface area contributed by atoms with Crippen molar-refractivity contribution in [1.82, 2.24) is 0 Å². The van der Waals surface area contributed by atoms with Gasteiger partial charge in [-0.25, -0.2) is 0 Å². The van der Waals surface area contributed by atoms with Crippen LogP contribution in [0.25, 0.3) is 0 Å². The zero-order valence-corrected chi connectivity index (χ0v) is 19.8. The van der Waals surface area contributed by atoms with E-state index >= 15 is 0 Å². The van der Waals surface area contributed by atoms with Crippen molar-refractivity contribution in [2.75, 3.05) is 23.8 Å². The van der Waals surface area contributed by atoms with Crippen molar-refractivity contribution >= 4 is 40.5 Å². The Balaban J connectivity index is 1.61. The number of amides is 1. The van der Waals surface area contributed by atoms with Crippen molar-refractivity contribution in [3.8, 4) is 11.5 Å². The molecule has 3 aromatic carbocycles. The minimum Gasteiger partial charge on any atom is -0.490 e. The summed E-state index contributed by atoms with van der Waals surface area (Å²) >= 11 is 11.9. The lowest BCUT2D eigenvalue weighted by atomic mass is 10.1. The summed E-state index contributed by atoms with van der Waals surface area (Å²) in [6.45, 7) is 7.05. The van der Waals surface area contributed by atoms with Gasteiger partial charge in [-0.15, -0.1) is 0 Å². The number of rotatable bonds is 9. The summed E-state index contributed by atoms with van der Waals surface area (Å²) in [6.07, 6.45) is 0. The first kappa shape index (κ1) is 23.8. The Bertz CT molecular complexity index is 1100. The molecule has 0 fully saturated rings. The molecule has 5 nitrogen and oxygen atoms in total. The number of benzene rings is 3. The number of carbonyl (C=O) groups excluding carboxylic acids is 1. The van der Waals surface area contributed by atoms with Crippen LogP contribution >= 0.6 is 23.2 Å². The lowest BCUT2D eigenvalue weighted by Crippen LogP contribution is -2.20. The molecule has 0 saturated heterocycles. The molecule has 7 heteroatoms. The van der Waals surface area contributed by atoms with E-state index in [1.54, 1.807) is 18.2 Å². The van der Waals surface area contributed by atoms with Crippen LogP contribution in [0.4, 0.5) is 11.4 Å². The average molecular weight is 473 g/mol. The number of hydrogen-bond acceptors (Lipinski definition) is 4. The molecule has 0 spiro atoms. The molecule has 0 aliphatic carbocycles. The van der Waals surface area contributed by atoms with Gasteiger partial charge in [-0.1, -0.05) is 35.3 Å². The number of ether oxygens (including phenoxy) is 2. The second-order valence-corrected chi connectivity index (χ2v) is 8.15. The van der Waals surface area contributed by atoms with Crippen LogP contribution in [0.15, 0.2) is 54.6 Å². The Labute approximate surface area is 198 Å². The van der Waals surface area contributed by atoms with Gasteiger partial charge in [0.15, 0.2) is 18.1 Å². The first-order valence-corrected chi connectivity index (χ1v) is 11.1. The van der Waals surface area contributed by atoms with Crippen LogP contribution in [-0.4, -0.2) is 19.1 Å². The summed E-state index contributed by atoms with van der Waals surface area (Å²) in [6, 6.07) is 16.9. The molecule has 0 bridgehead atoms. The highest BCUT2D eigenvalue weighted by Gasteiger charge is 2.11. The van der Waals surface area contributed by atoms with Gasteiger partial charge in [0.05, 0.1) is 16.7 Å². The third-order valence-corrected chi connectivity index (χ3v) is 5.61. The van der Waals surface area contributed by atoms with Crippen LogP contribution in [0, 0.1) is 13.8 Å². The molecule has 0 aliphatic rings. The van der Waals surface area contributed by atoms with Crippen LogP contribution in [0.5, 0.6) is 11.5 Å². The maximum Gasteiger partial charge on any atom is 0.262 e. The molecule has 0 saturated carbocycles. The molecule has 2 N–H and O–H groups in total. The van der Waals surface area contributed by atoms with Gasteiger partial charge < -0.3 is 20.1 Å². The third kappa shape index (κ3) is 6.55. The zero-order valence-electron chi connectivity index (χ0n) is 18.3. The van der Waals surface area contributed by atoms with Crippen molar-refractivity contribution in [3.05, 3.63) is 81.3 Å². The second kappa shape index (κ2) is 11.1. The minimum atomic E-state index is -0.314. The molecule has 0 heterocycles. The molecule has 3 aromatic rings. The molecule has 3 rings (SSSR count). The Morgan fingerprint density at radius 2 is 1.62 bits per heavy atom. The van der Waals surface area contributed by atoms with Gasteiger partial charge in [-0.05, 0) is 79.9 Å². The van der Waals surface area contributed by atoms with Crippen LogP contribution in [-0.2, 0) is 11.3 Å². The molecule has 0 atom stereocenters. The third-order valence-electron chi connectivity index (χ3n) is 4.87. The maximum atomic E-state index is 12.3. The van der Waals surface area contributed by atoms with Gasteiger partial charge in [0.25, 0.3) is 5.91 Å². The van der Waals surface area contributed by atoms with E-state index in [-0.39, 0.29) is 12.5 Å². The van der Waals surface area contributed by atoms with Gasteiger partial charge in [-0.2, -0.15) is 0 Å². The van der Waals surface area contributed by atoms with Crippen molar-refractivity contribution in [2.24, 2.45) is 0 Å². The molecular formula is C25H26Cl2N2O3. The predicted molar refractivity (Wildman–Crippen MR) is 131 cm³/mol. The van der Waals surface area contributed by atoms with Crippen molar-refractivity contribution < 1.29 is 14.3 Å². The number of aryl methyl sites for hydroxylation is 2. The molecule has 32 heavy (non-hydrogen) atoms. The fourth-order valence-corrected chi connectivity index (χ4v) is 3.32. The van der Waals surface area contributed by atoms with Crippen LogP contribution in [0.2, 0.25) is 10.0 Å². The maximum absolute atomic E-state index is 12.3. The van der Waals surface area contributed by atoms with Crippen molar-refractivity contribution in [3.63, 3.8) is 0 Å². The summed E-state index contributed by atoms with van der Waals surface area (Å²) in [5.74, 6) is 0.784. The average Bonchev–Trinajstić information content (AvgIpc) is 2.76. The molecule has 1 amide bonds. The van der Waals surface area contributed by atoms with Gasteiger partial charge in [0, 0.05) is 17.9 Å². The quantitative estimate of drug-likeness (QED) is 0.366. The smallest absolute Gasteiger partial charge is 0.262 e. The number of halogens is 2. The van der Waals surface area contributed by atoms with E-state index < -0.39 is 0 Å². The van der Waals surface area contributed by atoms with Crippen molar-refractivity contribution in [2.45, 2.75) is 27.3 Å². The molecule has 0 aromatic heterocycles. The molecular weight excluding hydrogens is 447 g/mol. The first-order valence-electron chi connectivity index (χ1n) is 10.3. The lowest BCUT2D eigenvalue weighted by Gasteiger charge is -2.14. The number of nitrogens with one attached hydrogen (secondary N) is 2. The van der Waals surface area contributed by atoms with Crippen LogP contribution < -0.4 is 20.1 Å². The van der Waals surface area contributed by atoms with E-state index in [2.05, 4.69) is 42.7 Å². The van der Waals surface area contributed by atoms with E-state index in [1.807, 2.05) is 25.1 Å². The Morgan fingerprint density at radius 3 is 2.34 bits per heavy atom. The van der Waals surface area contributed by atoms with E-state index in [0.29, 0.717) is 40.4 Å². The Morgan fingerprint density at radius 1 is 0.844 bits per heavy atom. The minimum absolute atomic E-state index is 0.166. The number of carbonyl (C=O) groups is 1. The zero-order chi connectivity index (χ0) is 23.1. The summed E-state index contributed by atoms with van der Waals surface area (Å²) in [7, 11) is 0. The monoisotopic (exact) mass is 472 g/mol. The van der Waals surface area contributed by atoms with E-state index in [1.165, 1.54) is 11.1 Å². The van der Waals surface area contributed by atoms with Crippen LogP contribution in [0.1, 0.15) is 23.6 Å². The van der Waals surface area contributed by atoms with E-state index in [4.69, 9.17) is 32.7 Å². The number of anilines is 2. The van der Waals surface area contributed by atoms with Crippen molar-refractivity contribution in [1.29, 1.82) is 0 Å². The van der Waals surface area contributed by atoms with Gasteiger partial charge in [0.2, 0.25) is 0 Å². The molecule has 0 unspecified atom stereocenters. The highest BCUT2D eigenvalue weighted by atomic mass is 35.5. The standard InChI is InChI=1S/C25H26Cl2N2O3/c1-4-31-24-12-18(14-28-19-7-5-16(2)17(3)11-19)6-10-23(24)32-15-25(30)29-20-8-9-21(26)22(27)13-20/h5-13,28H,4,14-15H2,1-3H3,(H,29,30). The summed E-state index contributed by atoms with van der Waals surface area (Å²) < 4.78 is 11.4. The highest BCUT2D eigenvalue weighted by molar-refractivity contribution is 6.42. The largest absolute Gasteiger partial charge is 0.490 e. The lowest BCUT2D eigenvalue weighted by molar-refractivity contribution is -0.118. The fraction of sp³-hybridized carbons (Fsp3) is 0.240. The SMILES string of the molecule is CCOc1cc(CNc2ccc(C)c(C)c2)ccc1OCC(=O)Nc1ccc(Cl)c(Cl)c1. The molecule has 168 valence electrons. The summed E-state index contributed by atoms with van der Waals surface area (Å²) in [5, 5.41) is 6.95.